The van der Waals surface area contributed by atoms with E-state index in [1.54, 1.807) is 12.1 Å². The Labute approximate surface area is 99.6 Å². The lowest BCUT2D eigenvalue weighted by atomic mass is 10.1. The van der Waals surface area contributed by atoms with Gasteiger partial charge in [-0.1, -0.05) is 25.6 Å². The van der Waals surface area contributed by atoms with Crippen LogP contribution in [0.2, 0.25) is 0 Å². The maximum atomic E-state index is 12.1. The van der Waals surface area contributed by atoms with E-state index in [0.717, 1.165) is 18.7 Å². The number of rotatable bonds is 6. The van der Waals surface area contributed by atoms with Gasteiger partial charge in [-0.2, -0.15) is 8.78 Å². The van der Waals surface area contributed by atoms with Crippen LogP contribution in [0.15, 0.2) is 29.2 Å². The van der Waals surface area contributed by atoms with Gasteiger partial charge in [-0.05, 0) is 36.6 Å². The molecule has 16 heavy (non-hydrogen) atoms. The van der Waals surface area contributed by atoms with Crippen molar-refractivity contribution in [3.8, 4) is 0 Å². The molecule has 1 aromatic carbocycles. The molecule has 0 atom stereocenters. The molecule has 0 aromatic heterocycles. The molecule has 0 amide bonds. The normalized spacial score (nSPS) is 11.1. The number of hydrogen-bond acceptors (Lipinski definition) is 2. The Morgan fingerprint density at radius 3 is 2.31 bits per heavy atom. The number of nitrogens with one attached hydrogen (secondary N) is 1. The predicted octanol–water partition coefficient (Wildman–Crippen LogP) is 4.46. The summed E-state index contributed by atoms with van der Waals surface area (Å²) in [5.74, 6) is -1.68. The lowest BCUT2D eigenvalue weighted by Crippen LogP contribution is -2.04. The minimum Gasteiger partial charge on any atom is -0.385 e. The third kappa shape index (κ3) is 5.35. The fourth-order valence-electron chi connectivity index (χ4n) is 1.26. The lowest BCUT2D eigenvalue weighted by Gasteiger charge is -2.08. The van der Waals surface area contributed by atoms with Gasteiger partial charge in [0, 0.05) is 17.1 Å². The van der Waals surface area contributed by atoms with E-state index in [0.29, 0.717) is 22.6 Å². The second-order valence-corrected chi connectivity index (χ2v) is 5.08. The van der Waals surface area contributed by atoms with Crippen LogP contribution in [0.1, 0.15) is 20.3 Å². The predicted molar refractivity (Wildman–Crippen MR) is 66.2 cm³/mol. The number of alkyl halides is 2. The molecule has 0 aliphatic carbocycles. The van der Waals surface area contributed by atoms with Crippen molar-refractivity contribution in [1.82, 2.24) is 0 Å². The minimum absolute atomic E-state index is 0.575. The highest BCUT2D eigenvalue weighted by molar-refractivity contribution is 7.99. The van der Waals surface area contributed by atoms with E-state index in [4.69, 9.17) is 0 Å². The Bertz CT molecular complexity index is 298. The fraction of sp³-hybridized carbons (Fsp3) is 0.500. The van der Waals surface area contributed by atoms with Crippen molar-refractivity contribution in [2.45, 2.75) is 30.9 Å². The summed E-state index contributed by atoms with van der Waals surface area (Å²) in [4.78, 5) is 0.601. The van der Waals surface area contributed by atoms with E-state index in [1.165, 1.54) is 0 Å². The lowest BCUT2D eigenvalue weighted by molar-refractivity contribution is 0.252. The highest BCUT2D eigenvalue weighted by Gasteiger charge is 2.04. The minimum atomic E-state index is -2.35. The van der Waals surface area contributed by atoms with Crippen molar-refractivity contribution in [3.63, 3.8) is 0 Å². The molecular formula is C12H17F2NS. The summed E-state index contributed by atoms with van der Waals surface area (Å²) in [5, 5.41) is 3.26. The van der Waals surface area contributed by atoms with Crippen LogP contribution in [0.5, 0.6) is 0 Å². The van der Waals surface area contributed by atoms with Gasteiger partial charge in [0.25, 0.3) is 5.76 Å². The first-order chi connectivity index (χ1) is 7.58. The van der Waals surface area contributed by atoms with E-state index < -0.39 is 5.76 Å². The average molecular weight is 245 g/mol. The van der Waals surface area contributed by atoms with Crippen molar-refractivity contribution in [2.75, 3.05) is 11.9 Å². The van der Waals surface area contributed by atoms with E-state index >= 15 is 0 Å². The number of halogens is 2. The summed E-state index contributed by atoms with van der Waals surface area (Å²) >= 11 is 0.575. The zero-order valence-electron chi connectivity index (χ0n) is 9.54. The molecule has 1 rings (SSSR count). The summed E-state index contributed by atoms with van der Waals surface area (Å²) in [6.45, 7) is 5.26. The molecule has 0 radical (unpaired) electrons. The highest BCUT2D eigenvalue weighted by Crippen LogP contribution is 2.26. The quantitative estimate of drug-likeness (QED) is 0.743. The van der Waals surface area contributed by atoms with Crippen LogP contribution in [-0.4, -0.2) is 12.3 Å². The van der Waals surface area contributed by atoms with Crippen molar-refractivity contribution in [3.05, 3.63) is 24.3 Å². The Balaban J connectivity index is 2.39. The summed E-state index contributed by atoms with van der Waals surface area (Å²) in [6.07, 6.45) is 1.10. The van der Waals surface area contributed by atoms with Crippen molar-refractivity contribution >= 4 is 17.4 Å². The molecule has 0 aliphatic rings. The molecule has 90 valence electrons. The largest absolute Gasteiger partial charge is 0.385 e. The Morgan fingerprint density at radius 1 is 1.19 bits per heavy atom. The smallest absolute Gasteiger partial charge is 0.288 e. The molecule has 1 nitrogen and oxygen atoms in total. The number of thioether (sulfide) groups is 1. The summed E-state index contributed by atoms with van der Waals surface area (Å²) in [5.41, 5.74) is 0.985. The van der Waals surface area contributed by atoms with Crippen molar-refractivity contribution in [2.24, 2.45) is 5.92 Å². The van der Waals surface area contributed by atoms with Crippen molar-refractivity contribution < 1.29 is 8.78 Å². The van der Waals surface area contributed by atoms with Crippen LogP contribution < -0.4 is 5.32 Å². The van der Waals surface area contributed by atoms with Gasteiger partial charge in [-0.15, -0.1) is 0 Å². The number of anilines is 1. The molecule has 0 fully saturated rings. The molecule has 0 bridgehead atoms. The standard InChI is InChI=1S/C12H17F2NS/c1-9(2)7-8-15-10-3-5-11(6-4-10)16-12(13)14/h3-6,9,12,15H,7-8H2,1-2H3. The van der Waals surface area contributed by atoms with Crippen LogP contribution >= 0.6 is 11.8 Å². The molecule has 1 N–H and O–H groups in total. The zero-order valence-corrected chi connectivity index (χ0v) is 10.4. The van der Waals surface area contributed by atoms with Crippen LogP contribution in [0.4, 0.5) is 14.5 Å². The molecule has 0 heterocycles. The molecule has 4 heteroatoms. The maximum absolute atomic E-state index is 12.1. The van der Waals surface area contributed by atoms with Crippen LogP contribution in [0.25, 0.3) is 0 Å². The third-order valence-corrected chi connectivity index (χ3v) is 2.85. The molecular weight excluding hydrogens is 228 g/mol. The van der Waals surface area contributed by atoms with E-state index in [1.807, 2.05) is 12.1 Å². The van der Waals surface area contributed by atoms with Gasteiger partial charge in [0.15, 0.2) is 0 Å². The van der Waals surface area contributed by atoms with Gasteiger partial charge in [0.1, 0.15) is 0 Å². The van der Waals surface area contributed by atoms with Crippen LogP contribution in [0.3, 0.4) is 0 Å². The average Bonchev–Trinajstić information content (AvgIpc) is 2.19. The highest BCUT2D eigenvalue weighted by atomic mass is 32.2. The molecule has 0 unspecified atom stereocenters. The monoisotopic (exact) mass is 245 g/mol. The molecule has 0 saturated carbocycles. The Kier molecular flexibility index (Phi) is 5.60. The summed E-state index contributed by atoms with van der Waals surface area (Å²) in [6, 6.07) is 7.11. The van der Waals surface area contributed by atoms with Crippen LogP contribution in [-0.2, 0) is 0 Å². The fourth-order valence-corrected chi connectivity index (χ4v) is 1.76. The van der Waals surface area contributed by atoms with Crippen LogP contribution in [0, 0.1) is 5.92 Å². The second kappa shape index (κ2) is 6.74. The van der Waals surface area contributed by atoms with Gasteiger partial charge in [0.05, 0.1) is 0 Å². The van der Waals surface area contributed by atoms with Gasteiger partial charge < -0.3 is 5.32 Å². The van der Waals surface area contributed by atoms with E-state index in [2.05, 4.69) is 19.2 Å². The van der Waals surface area contributed by atoms with Crippen molar-refractivity contribution in [1.29, 1.82) is 0 Å². The summed E-state index contributed by atoms with van der Waals surface area (Å²) < 4.78 is 24.1. The first kappa shape index (κ1) is 13.3. The van der Waals surface area contributed by atoms with E-state index in [9.17, 15) is 8.78 Å². The Hall–Kier alpha value is -0.770. The second-order valence-electron chi connectivity index (χ2n) is 4.01. The maximum Gasteiger partial charge on any atom is 0.288 e. The van der Waals surface area contributed by atoms with Gasteiger partial charge in [0.2, 0.25) is 0 Å². The number of hydrogen-bond donors (Lipinski definition) is 1. The topological polar surface area (TPSA) is 12.0 Å². The molecule has 0 saturated heterocycles. The molecule has 0 spiro atoms. The van der Waals surface area contributed by atoms with Gasteiger partial charge >= 0.3 is 0 Å². The van der Waals surface area contributed by atoms with Gasteiger partial charge in [-0.25, -0.2) is 0 Å². The zero-order chi connectivity index (χ0) is 12.0. The SMILES string of the molecule is CC(C)CCNc1ccc(SC(F)F)cc1. The first-order valence-electron chi connectivity index (χ1n) is 5.36. The molecule has 1 aromatic rings. The molecule has 0 aliphatic heterocycles. The summed E-state index contributed by atoms with van der Waals surface area (Å²) in [7, 11) is 0. The van der Waals surface area contributed by atoms with E-state index in [-0.39, 0.29) is 0 Å². The first-order valence-corrected chi connectivity index (χ1v) is 6.24. The number of benzene rings is 1. The Morgan fingerprint density at radius 2 is 1.81 bits per heavy atom. The third-order valence-electron chi connectivity index (χ3n) is 2.13. The van der Waals surface area contributed by atoms with Gasteiger partial charge in [-0.3, -0.25) is 0 Å².